The van der Waals surface area contributed by atoms with Crippen molar-refractivity contribution in [2.45, 2.75) is 19.3 Å². The lowest BCUT2D eigenvalue weighted by Gasteiger charge is -2.25. The van der Waals surface area contributed by atoms with Gasteiger partial charge in [-0.15, -0.1) is 0 Å². The monoisotopic (exact) mass is 756 g/mol. The van der Waals surface area contributed by atoms with E-state index in [9.17, 15) is 0 Å². The third kappa shape index (κ3) is 4.87. The molecule has 0 amide bonds. The highest BCUT2D eigenvalue weighted by Crippen LogP contribution is 2.53. The molecule has 1 aliphatic rings. The Balaban J connectivity index is 1.13. The molecule has 0 fully saturated rings. The molecule has 0 radical (unpaired) electrons. The highest BCUT2D eigenvalue weighted by atomic mass is 15.2. The molecule has 0 aliphatic heterocycles. The fourth-order valence-corrected chi connectivity index (χ4v) is 9.77. The van der Waals surface area contributed by atoms with Crippen LogP contribution in [0.4, 0.5) is 0 Å². The number of para-hydroxylation sites is 3. The van der Waals surface area contributed by atoms with E-state index in [-0.39, 0.29) is 5.41 Å². The van der Waals surface area contributed by atoms with Gasteiger partial charge >= 0.3 is 0 Å². The van der Waals surface area contributed by atoms with Crippen LogP contribution in [0.3, 0.4) is 0 Å². The van der Waals surface area contributed by atoms with Gasteiger partial charge in [0.15, 0.2) is 11.6 Å². The fourth-order valence-electron chi connectivity index (χ4n) is 9.77. The van der Waals surface area contributed by atoms with Crippen LogP contribution < -0.4 is 0 Å². The van der Waals surface area contributed by atoms with Gasteiger partial charge in [-0.05, 0) is 69.8 Å². The van der Waals surface area contributed by atoms with E-state index in [0.717, 1.165) is 49.7 Å². The number of aromatic nitrogens is 6. The number of nitrogens with zero attached hydrogens (tertiary/aromatic N) is 6. The van der Waals surface area contributed by atoms with E-state index in [0.29, 0.717) is 17.6 Å². The Hall–Kier alpha value is -7.70. The molecule has 0 N–H and O–H groups in total. The molecule has 0 bridgehead atoms. The Morgan fingerprint density at radius 3 is 1.86 bits per heavy atom. The van der Waals surface area contributed by atoms with Crippen LogP contribution in [0.2, 0.25) is 0 Å². The summed E-state index contributed by atoms with van der Waals surface area (Å²) in [6, 6.07) is 60.1. The predicted octanol–water partition coefficient (Wildman–Crippen LogP) is 12.8. The van der Waals surface area contributed by atoms with Crippen LogP contribution in [0.5, 0.6) is 0 Å². The van der Waals surface area contributed by atoms with Gasteiger partial charge in [0, 0.05) is 44.3 Å². The van der Waals surface area contributed by atoms with E-state index in [2.05, 4.69) is 180 Å². The topological polar surface area (TPSA) is 61.4 Å². The summed E-state index contributed by atoms with van der Waals surface area (Å²) >= 11 is 0. The molecule has 0 unspecified atom stereocenters. The van der Waals surface area contributed by atoms with Crippen LogP contribution in [0.15, 0.2) is 182 Å². The normalized spacial score (nSPS) is 13.1. The smallest absolute Gasteiger partial charge is 0.238 e. The molecule has 0 saturated carbocycles. The van der Waals surface area contributed by atoms with Crippen LogP contribution >= 0.6 is 0 Å². The minimum atomic E-state index is -0.170. The predicted molar refractivity (Wildman–Crippen MR) is 240 cm³/mol. The third-order valence-electron chi connectivity index (χ3n) is 12.3. The second-order valence-electron chi connectivity index (χ2n) is 15.9. The van der Waals surface area contributed by atoms with Crippen molar-refractivity contribution in [2.24, 2.45) is 0 Å². The summed E-state index contributed by atoms with van der Waals surface area (Å²) in [6.07, 6.45) is 3.80. The average molecular weight is 757 g/mol. The van der Waals surface area contributed by atoms with Gasteiger partial charge in [0.2, 0.25) is 5.95 Å². The molecule has 1 aliphatic carbocycles. The summed E-state index contributed by atoms with van der Waals surface area (Å²) in [4.78, 5) is 20.5. The molecule has 7 aromatic carbocycles. The van der Waals surface area contributed by atoms with E-state index < -0.39 is 0 Å². The van der Waals surface area contributed by atoms with Crippen LogP contribution in [-0.2, 0) is 5.41 Å². The Labute approximate surface area is 340 Å². The van der Waals surface area contributed by atoms with Gasteiger partial charge < -0.3 is 4.57 Å². The lowest BCUT2D eigenvalue weighted by molar-refractivity contribution is 0.662. The lowest BCUT2D eigenvalue weighted by Crippen LogP contribution is -2.16. The Morgan fingerprint density at radius 1 is 0.424 bits per heavy atom. The van der Waals surface area contributed by atoms with Crippen molar-refractivity contribution in [1.29, 1.82) is 0 Å². The first-order valence-corrected chi connectivity index (χ1v) is 20.1. The van der Waals surface area contributed by atoms with Gasteiger partial charge in [-0.2, -0.15) is 9.97 Å². The number of rotatable bonds is 5. The van der Waals surface area contributed by atoms with Gasteiger partial charge in [0.05, 0.1) is 34.0 Å². The Morgan fingerprint density at radius 2 is 1.02 bits per heavy atom. The summed E-state index contributed by atoms with van der Waals surface area (Å²) in [6.45, 7) is 4.71. The molecule has 0 saturated heterocycles. The van der Waals surface area contributed by atoms with Crippen molar-refractivity contribution < 1.29 is 0 Å². The summed E-state index contributed by atoms with van der Waals surface area (Å²) in [5, 5.41) is 4.62. The first kappa shape index (κ1) is 33.4. The molecular formula is C53H36N6. The zero-order chi connectivity index (χ0) is 39.2. The summed E-state index contributed by atoms with van der Waals surface area (Å²) in [7, 11) is 0. The van der Waals surface area contributed by atoms with E-state index in [1.54, 1.807) is 0 Å². The maximum atomic E-state index is 5.42. The van der Waals surface area contributed by atoms with Crippen LogP contribution in [0.25, 0.3) is 100 Å². The number of hydrogen-bond acceptors (Lipinski definition) is 4. The molecule has 4 heterocycles. The van der Waals surface area contributed by atoms with Gasteiger partial charge in [0.25, 0.3) is 0 Å². The highest BCUT2D eigenvalue weighted by molar-refractivity contribution is 6.16. The van der Waals surface area contributed by atoms with Gasteiger partial charge in [-0.1, -0.05) is 147 Å². The molecule has 12 rings (SSSR count). The van der Waals surface area contributed by atoms with Crippen molar-refractivity contribution in [3.05, 3.63) is 193 Å². The fraction of sp³-hybridized carbons (Fsp3) is 0.0566. The van der Waals surface area contributed by atoms with Crippen molar-refractivity contribution in [3.8, 4) is 56.7 Å². The van der Waals surface area contributed by atoms with E-state index in [1.807, 2.05) is 30.6 Å². The molecular weight excluding hydrogens is 721 g/mol. The van der Waals surface area contributed by atoms with Gasteiger partial charge in [0.1, 0.15) is 0 Å². The quantitative estimate of drug-likeness (QED) is 0.175. The maximum absolute atomic E-state index is 5.42. The molecule has 6 nitrogen and oxygen atoms in total. The summed E-state index contributed by atoms with van der Waals surface area (Å²) in [5.74, 6) is 1.75. The Kier molecular flexibility index (Phi) is 7.17. The van der Waals surface area contributed by atoms with Crippen LogP contribution in [-0.4, -0.2) is 29.1 Å². The molecule has 59 heavy (non-hydrogen) atoms. The second-order valence-corrected chi connectivity index (χ2v) is 15.9. The van der Waals surface area contributed by atoms with Crippen LogP contribution in [0.1, 0.15) is 25.0 Å². The number of hydrogen-bond donors (Lipinski definition) is 0. The minimum absolute atomic E-state index is 0.170. The van der Waals surface area contributed by atoms with Crippen molar-refractivity contribution in [3.63, 3.8) is 0 Å². The third-order valence-corrected chi connectivity index (χ3v) is 12.3. The molecule has 11 aromatic rings. The SMILES string of the molecule is CC1(C)c2ccccc2-c2cccc(-c3cccc4c3c3ccccc3n4-c3nc(-c4ccccc4)nc(-c4ccccc4-n4c5ccccc5c5ccncc54)n3)c21. The molecule has 278 valence electrons. The van der Waals surface area contributed by atoms with Gasteiger partial charge in [-0.3, -0.25) is 9.55 Å². The molecule has 0 spiro atoms. The van der Waals surface area contributed by atoms with Crippen LogP contribution in [0, 0.1) is 0 Å². The van der Waals surface area contributed by atoms with Crippen molar-refractivity contribution in [2.75, 3.05) is 0 Å². The zero-order valence-corrected chi connectivity index (χ0v) is 32.5. The number of pyridine rings is 1. The molecule has 4 aromatic heterocycles. The second kappa shape index (κ2) is 12.7. The van der Waals surface area contributed by atoms with E-state index >= 15 is 0 Å². The average Bonchev–Trinajstić information content (AvgIpc) is 3.90. The lowest BCUT2D eigenvalue weighted by atomic mass is 9.78. The standard InChI is InChI=1S/C53H36N6/c1-53(2)42-25-10-6-18-34(42)38-23-14-24-39(49(38)53)37-22-15-29-46-48(37)40-20-8-12-27-44(40)59(46)52-56-50(33-16-4-3-5-17-33)55-51(57-52)41-21-9-13-28-45(41)58-43-26-11-7-19-35(43)36-30-31-54-32-47(36)58/h3-32H,1-2H3. The maximum Gasteiger partial charge on any atom is 0.238 e. The number of benzene rings is 7. The summed E-state index contributed by atoms with van der Waals surface area (Å²) in [5.41, 5.74) is 14.6. The van der Waals surface area contributed by atoms with E-state index in [1.165, 1.54) is 44.2 Å². The molecule has 6 heteroatoms. The number of fused-ring (bicyclic) bond motifs is 9. The largest absolute Gasteiger partial charge is 0.307 e. The summed E-state index contributed by atoms with van der Waals surface area (Å²) < 4.78 is 4.51. The first-order chi connectivity index (χ1) is 29.1. The zero-order valence-electron chi connectivity index (χ0n) is 32.5. The first-order valence-electron chi connectivity index (χ1n) is 20.1. The van der Waals surface area contributed by atoms with E-state index in [4.69, 9.17) is 15.0 Å². The molecule has 0 atom stereocenters. The van der Waals surface area contributed by atoms with Gasteiger partial charge in [-0.25, -0.2) is 4.98 Å². The van der Waals surface area contributed by atoms with Crippen molar-refractivity contribution >= 4 is 43.6 Å². The Bertz CT molecular complexity index is 3430. The van der Waals surface area contributed by atoms with Crippen molar-refractivity contribution in [1.82, 2.24) is 29.1 Å². The minimum Gasteiger partial charge on any atom is -0.307 e. The highest BCUT2D eigenvalue weighted by Gasteiger charge is 2.37.